The third kappa shape index (κ3) is 3.79. The van der Waals surface area contributed by atoms with E-state index in [4.69, 9.17) is 4.74 Å². The van der Waals surface area contributed by atoms with Gasteiger partial charge in [-0.05, 0) is 48.7 Å². The summed E-state index contributed by atoms with van der Waals surface area (Å²) >= 11 is 0. The Balaban J connectivity index is 1.69. The minimum Gasteiger partial charge on any atom is -0.481 e. The van der Waals surface area contributed by atoms with Crippen molar-refractivity contribution in [2.45, 2.75) is 24.9 Å². The Bertz CT molecular complexity index is 1170. The molecule has 0 spiro atoms. The molecule has 0 radical (unpaired) electrons. The van der Waals surface area contributed by atoms with E-state index >= 15 is 0 Å². The Morgan fingerprint density at radius 1 is 1.06 bits per heavy atom. The minimum atomic E-state index is -1.19. The van der Waals surface area contributed by atoms with Crippen LogP contribution in [0.25, 0.3) is 11.1 Å². The molecule has 1 aromatic heterocycles. The zero-order valence-electron chi connectivity index (χ0n) is 17.2. The standard InChI is InChI=1S/C24H20F2N2O4/c1-32-22-16(5-3-13-27-22)14-7-9-15(10-8-14)23(29)28-19(11-12-20(28)24(30)31)17-4-2-6-18(25)21(17)26/h2-10,13,19-20H,11-12H2,1H3,(H,30,31)/t19-,20+/m1/s1. The normalized spacial score (nSPS) is 17.9. The molecule has 1 fully saturated rings. The molecular weight excluding hydrogens is 418 g/mol. The zero-order valence-corrected chi connectivity index (χ0v) is 17.2. The highest BCUT2D eigenvalue weighted by Gasteiger charge is 2.43. The topological polar surface area (TPSA) is 79.7 Å². The fourth-order valence-corrected chi connectivity index (χ4v) is 4.13. The van der Waals surface area contributed by atoms with Gasteiger partial charge in [0.1, 0.15) is 6.04 Å². The summed E-state index contributed by atoms with van der Waals surface area (Å²) in [5, 5.41) is 9.64. The molecule has 1 aliphatic rings. The molecule has 0 bridgehead atoms. The largest absolute Gasteiger partial charge is 0.481 e. The maximum atomic E-state index is 14.5. The van der Waals surface area contributed by atoms with Gasteiger partial charge in [0, 0.05) is 22.9 Å². The lowest BCUT2D eigenvalue weighted by Gasteiger charge is -2.29. The molecule has 1 amide bonds. The van der Waals surface area contributed by atoms with Crippen molar-refractivity contribution in [2.24, 2.45) is 0 Å². The smallest absolute Gasteiger partial charge is 0.326 e. The van der Waals surface area contributed by atoms with E-state index in [-0.39, 0.29) is 24.0 Å². The van der Waals surface area contributed by atoms with Crippen LogP contribution in [0.1, 0.15) is 34.8 Å². The fourth-order valence-electron chi connectivity index (χ4n) is 4.13. The summed E-state index contributed by atoms with van der Waals surface area (Å²) in [4.78, 5) is 30.4. The maximum absolute atomic E-state index is 14.5. The Labute approximate surface area is 183 Å². The number of carboxylic acid groups (broad SMARTS) is 1. The van der Waals surface area contributed by atoms with Crippen LogP contribution in [0.3, 0.4) is 0 Å². The lowest BCUT2D eigenvalue weighted by molar-refractivity contribution is -0.141. The number of halogens is 2. The van der Waals surface area contributed by atoms with Crippen LogP contribution < -0.4 is 4.74 Å². The van der Waals surface area contributed by atoms with Crippen molar-refractivity contribution in [2.75, 3.05) is 7.11 Å². The van der Waals surface area contributed by atoms with Crippen molar-refractivity contribution in [3.05, 3.63) is 83.6 Å². The van der Waals surface area contributed by atoms with E-state index in [0.717, 1.165) is 22.1 Å². The summed E-state index contributed by atoms with van der Waals surface area (Å²) in [7, 11) is 1.51. The molecule has 1 N–H and O–H groups in total. The molecule has 0 unspecified atom stereocenters. The Hall–Kier alpha value is -3.81. The van der Waals surface area contributed by atoms with Crippen LogP contribution >= 0.6 is 0 Å². The van der Waals surface area contributed by atoms with E-state index in [1.807, 2.05) is 6.07 Å². The number of nitrogens with zero attached hydrogens (tertiary/aromatic N) is 2. The summed E-state index contributed by atoms with van der Waals surface area (Å²) in [6.45, 7) is 0. The molecule has 0 aliphatic carbocycles. The summed E-state index contributed by atoms with van der Waals surface area (Å²) in [6.07, 6.45) is 1.96. The van der Waals surface area contributed by atoms with Gasteiger partial charge in [0.25, 0.3) is 5.91 Å². The first-order valence-electron chi connectivity index (χ1n) is 10.0. The molecule has 32 heavy (non-hydrogen) atoms. The molecule has 2 atom stereocenters. The number of aliphatic carboxylic acids is 1. The van der Waals surface area contributed by atoms with Gasteiger partial charge in [-0.25, -0.2) is 18.6 Å². The quantitative estimate of drug-likeness (QED) is 0.636. The average molecular weight is 438 g/mol. The number of pyridine rings is 1. The number of carboxylic acids is 1. The van der Waals surface area contributed by atoms with Crippen molar-refractivity contribution in [1.29, 1.82) is 0 Å². The van der Waals surface area contributed by atoms with Gasteiger partial charge in [0.05, 0.1) is 13.2 Å². The molecule has 2 aromatic carbocycles. The Morgan fingerprint density at radius 3 is 2.50 bits per heavy atom. The second-order valence-corrected chi connectivity index (χ2v) is 7.44. The van der Waals surface area contributed by atoms with E-state index in [9.17, 15) is 23.5 Å². The maximum Gasteiger partial charge on any atom is 0.326 e. The van der Waals surface area contributed by atoms with E-state index in [1.165, 1.54) is 19.2 Å². The number of carbonyl (C=O) groups is 2. The summed E-state index contributed by atoms with van der Waals surface area (Å²) in [5.41, 5.74) is 1.71. The number of carbonyl (C=O) groups excluding carboxylic acids is 1. The summed E-state index contributed by atoms with van der Waals surface area (Å²) in [6, 6.07) is 11.8. The van der Waals surface area contributed by atoms with E-state index < -0.39 is 35.6 Å². The van der Waals surface area contributed by atoms with Crippen molar-refractivity contribution in [1.82, 2.24) is 9.88 Å². The summed E-state index contributed by atoms with van der Waals surface area (Å²) in [5.74, 6) is -3.43. The molecule has 6 nitrogen and oxygen atoms in total. The van der Waals surface area contributed by atoms with Crippen LogP contribution in [-0.2, 0) is 4.79 Å². The van der Waals surface area contributed by atoms with Gasteiger partial charge in [-0.3, -0.25) is 4.79 Å². The van der Waals surface area contributed by atoms with Crippen LogP contribution in [-0.4, -0.2) is 40.0 Å². The van der Waals surface area contributed by atoms with Crippen molar-refractivity contribution in [3.8, 4) is 17.0 Å². The van der Waals surface area contributed by atoms with Crippen LogP contribution in [0.2, 0.25) is 0 Å². The molecule has 0 saturated carbocycles. The number of hydrogen-bond acceptors (Lipinski definition) is 4. The number of aromatic nitrogens is 1. The van der Waals surface area contributed by atoms with E-state index in [1.54, 1.807) is 36.5 Å². The second-order valence-electron chi connectivity index (χ2n) is 7.44. The van der Waals surface area contributed by atoms with Crippen LogP contribution in [0.15, 0.2) is 60.8 Å². The first-order valence-corrected chi connectivity index (χ1v) is 10.0. The predicted molar refractivity (Wildman–Crippen MR) is 112 cm³/mol. The number of benzene rings is 2. The molecule has 8 heteroatoms. The highest BCUT2D eigenvalue weighted by Crippen LogP contribution is 2.39. The molecule has 1 aliphatic heterocycles. The Kier molecular flexibility index (Phi) is 5.85. The van der Waals surface area contributed by atoms with Crippen LogP contribution in [0, 0.1) is 11.6 Å². The zero-order chi connectivity index (χ0) is 22.8. The first-order chi connectivity index (χ1) is 15.4. The molecule has 4 rings (SSSR count). The molecular formula is C24H20F2N2O4. The van der Waals surface area contributed by atoms with Crippen molar-refractivity contribution in [3.63, 3.8) is 0 Å². The van der Waals surface area contributed by atoms with E-state index in [2.05, 4.69) is 4.98 Å². The van der Waals surface area contributed by atoms with Crippen molar-refractivity contribution >= 4 is 11.9 Å². The third-order valence-electron chi connectivity index (χ3n) is 5.65. The average Bonchev–Trinajstić information content (AvgIpc) is 3.25. The van der Waals surface area contributed by atoms with Gasteiger partial charge in [-0.1, -0.05) is 24.3 Å². The fraction of sp³-hybridized carbons (Fsp3) is 0.208. The second kappa shape index (κ2) is 8.74. The molecule has 164 valence electrons. The van der Waals surface area contributed by atoms with Gasteiger partial charge < -0.3 is 14.7 Å². The van der Waals surface area contributed by atoms with Crippen LogP contribution in [0.4, 0.5) is 8.78 Å². The number of hydrogen-bond donors (Lipinski definition) is 1. The predicted octanol–water partition coefficient (Wildman–Crippen LogP) is 4.47. The highest BCUT2D eigenvalue weighted by atomic mass is 19.2. The van der Waals surface area contributed by atoms with Crippen LogP contribution in [0.5, 0.6) is 5.88 Å². The number of methoxy groups -OCH3 is 1. The third-order valence-corrected chi connectivity index (χ3v) is 5.65. The SMILES string of the molecule is COc1ncccc1-c1ccc(C(=O)N2[C@@H](c3cccc(F)c3F)CC[C@H]2C(=O)O)cc1. The highest BCUT2D eigenvalue weighted by molar-refractivity contribution is 5.97. The van der Waals surface area contributed by atoms with Gasteiger partial charge in [-0.2, -0.15) is 0 Å². The minimum absolute atomic E-state index is 0.0289. The summed E-state index contributed by atoms with van der Waals surface area (Å²) < 4.78 is 33.5. The number of ether oxygens (including phenoxy) is 1. The van der Waals surface area contributed by atoms with Gasteiger partial charge in [0.2, 0.25) is 5.88 Å². The van der Waals surface area contributed by atoms with Gasteiger partial charge in [0.15, 0.2) is 11.6 Å². The molecule has 1 saturated heterocycles. The number of likely N-dealkylation sites (tertiary alicyclic amines) is 1. The first kappa shape index (κ1) is 21.4. The molecule has 3 aromatic rings. The molecule has 2 heterocycles. The van der Waals surface area contributed by atoms with Crippen molar-refractivity contribution < 1.29 is 28.2 Å². The lowest BCUT2D eigenvalue weighted by atomic mass is 10.0. The lowest BCUT2D eigenvalue weighted by Crippen LogP contribution is -2.42. The van der Waals surface area contributed by atoms with Gasteiger partial charge >= 0.3 is 5.97 Å². The Morgan fingerprint density at radius 2 is 1.81 bits per heavy atom. The van der Waals surface area contributed by atoms with E-state index in [0.29, 0.717) is 5.88 Å². The number of rotatable bonds is 5. The van der Waals surface area contributed by atoms with Gasteiger partial charge in [-0.15, -0.1) is 0 Å². The number of amides is 1. The monoisotopic (exact) mass is 438 g/mol.